The molecule has 0 saturated carbocycles. The molecule has 0 amide bonds. The van der Waals surface area contributed by atoms with Crippen molar-refractivity contribution in [2.24, 2.45) is 0 Å². The Bertz CT molecular complexity index is 2070. The molecule has 0 aliphatic heterocycles. The molecule has 4 heteroatoms. The molecule has 0 unspecified atom stereocenters. The van der Waals surface area contributed by atoms with E-state index in [-0.39, 0.29) is 0 Å². The second kappa shape index (κ2) is 6.10. The van der Waals surface area contributed by atoms with Gasteiger partial charge in [0.25, 0.3) is 0 Å². The zero-order valence-corrected chi connectivity index (χ0v) is 18.8. The molecule has 0 radical (unpaired) electrons. The summed E-state index contributed by atoms with van der Waals surface area (Å²) in [6, 6.07) is 24.4. The van der Waals surface area contributed by atoms with Crippen LogP contribution in [0.2, 0.25) is 0 Å². The fourth-order valence-electron chi connectivity index (χ4n) is 6.47. The Morgan fingerprint density at radius 3 is 2.43 bits per heavy atom. The highest BCUT2D eigenvalue weighted by atomic mass is 15.1. The van der Waals surface area contributed by atoms with Crippen LogP contribution in [0.1, 0.15) is 22.3 Å². The van der Waals surface area contributed by atoms with Gasteiger partial charge in [-0.1, -0.05) is 36.4 Å². The van der Waals surface area contributed by atoms with Crippen molar-refractivity contribution in [3.05, 3.63) is 108 Å². The Hall–Kier alpha value is -4.57. The molecule has 4 nitrogen and oxygen atoms in total. The number of hydrogen-bond donors (Lipinski definition) is 0. The molecule has 4 aromatic heterocycles. The zero-order valence-electron chi connectivity index (χ0n) is 18.8. The molecule has 0 bridgehead atoms. The summed E-state index contributed by atoms with van der Waals surface area (Å²) in [6.45, 7) is 0. The van der Waals surface area contributed by atoms with E-state index in [0.29, 0.717) is 0 Å². The van der Waals surface area contributed by atoms with E-state index >= 15 is 0 Å². The third-order valence-corrected chi connectivity index (χ3v) is 7.99. The molecule has 2 aliphatic carbocycles. The van der Waals surface area contributed by atoms with Gasteiger partial charge >= 0.3 is 0 Å². The van der Waals surface area contributed by atoms with Gasteiger partial charge in [-0.25, -0.2) is 9.97 Å². The maximum absolute atomic E-state index is 5.04. The predicted molar refractivity (Wildman–Crippen MR) is 140 cm³/mol. The monoisotopic (exact) mass is 446 g/mol. The summed E-state index contributed by atoms with van der Waals surface area (Å²) in [4.78, 5) is 14.2. The van der Waals surface area contributed by atoms with E-state index < -0.39 is 0 Å². The topological polar surface area (TPSA) is 43.1 Å². The van der Waals surface area contributed by atoms with E-state index in [4.69, 9.17) is 9.97 Å². The first-order chi connectivity index (χ1) is 17.3. The number of imidazole rings is 1. The first-order valence-electron chi connectivity index (χ1n) is 12.0. The number of rotatable bonds is 0. The van der Waals surface area contributed by atoms with Crippen molar-refractivity contribution < 1.29 is 0 Å². The summed E-state index contributed by atoms with van der Waals surface area (Å²) in [5.74, 6) is 0. The van der Waals surface area contributed by atoms with Crippen LogP contribution in [-0.4, -0.2) is 19.4 Å². The quantitative estimate of drug-likeness (QED) is 0.243. The third kappa shape index (κ3) is 2.15. The van der Waals surface area contributed by atoms with Crippen LogP contribution in [0.15, 0.2) is 85.3 Å². The molecule has 0 spiro atoms. The molecule has 9 rings (SSSR count). The van der Waals surface area contributed by atoms with Crippen LogP contribution in [0.3, 0.4) is 0 Å². The molecule has 0 atom stereocenters. The van der Waals surface area contributed by atoms with Crippen molar-refractivity contribution in [3.63, 3.8) is 0 Å². The van der Waals surface area contributed by atoms with Gasteiger partial charge in [0, 0.05) is 23.2 Å². The van der Waals surface area contributed by atoms with Crippen LogP contribution in [0.5, 0.6) is 0 Å². The Balaban J connectivity index is 1.38. The number of pyridine rings is 3. The van der Waals surface area contributed by atoms with E-state index in [2.05, 4.69) is 64.0 Å². The lowest BCUT2D eigenvalue weighted by atomic mass is 9.96. The minimum absolute atomic E-state index is 0.924. The molecule has 0 N–H and O–H groups in total. The Morgan fingerprint density at radius 2 is 1.49 bits per heavy atom. The second-order valence-electron chi connectivity index (χ2n) is 9.69. The van der Waals surface area contributed by atoms with Crippen LogP contribution >= 0.6 is 0 Å². The summed E-state index contributed by atoms with van der Waals surface area (Å²) >= 11 is 0. The molecular formula is C31H18N4. The third-order valence-electron chi connectivity index (χ3n) is 7.99. The molecule has 7 aromatic rings. The smallest absolute Gasteiger partial charge is 0.147 e. The molecular weight excluding hydrogens is 428 g/mol. The highest BCUT2D eigenvalue weighted by molar-refractivity contribution is 6.14. The van der Waals surface area contributed by atoms with Crippen molar-refractivity contribution in [3.8, 4) is 22.3 Å². The number of aromatic nitrogens is 4. The van der Waals surface area contributed by atoms with Gasteiger partial charge in [-0.3, -0.25) is 9.38 Å². The SMILES string of the molecule is c1ccc2c(c1)Cc1c-2ccc2c1Cc1cc3c(cc1-2)c1cccnc1n1c2cnccc2nc31. The number of nitrogens with zero attached hydrogens (tertiary/aromatic N) is 4. The van der Waals surface area contributed by atoms with Gasteiger partial charge in [0.2, 0.25) is 0 Å². The molecule has 0 saturated heterocycles. The van der Waals surface area contributed by atoms with Crippen molar-refractivity contribution in [1.29, 1.82) is 0 Å². The van der Waals surface area contributed by atoms with Crippen molar-refractivity contribution in [1.82, 2.24) is 19.4 Å². The van der Waals surface area contributed by atoms with Gasteiger partial charge in [-0.15, -0.1) is 0 Å². The lowest BCUT2D eigenvalue weighted by Crippen LogP contribution is -1.95. The normalized spacial score (nSPS) is 13.5. The standard InChI is InChI=1S/C31H18N4/c1-2-5-19-17(4-1)12-24-20(19)7-8-21-23-15-26-22-6-3-10-33-30(22)35-29-16-32-11-9-28(29)34-31(35)27(26)14-18(23)13-25(21)24/h1-11,14-16H,12-13H2. The summed E-state index contributed by atoms with van der Waals surface area (Å²) < 4.78 is 2.17. The van der Waals surface area contributed by atoms with Crippen LogP contribution in [0, 0.1) is 0 Å². The molecule has 162 valence electrons. The summed E-state index contributed by atoms with van der Waals surface area (Å²) in [6.07, 6.45) is 7.55. The zero-order chi connectivity index (χ0) is 22.7. The maximum Gasteiger partial charge on any atom is 0.147 e. The number of fused-ring (bicyclic) bond motifs is 15. The average Bonchev–Trinajstić information content (AvgIpc) is 3.59. The van der Waals surface area contributed by atoms with Gasteiger partial charge in [-0.2, -0.15) is 0 Å². The van der Waals surface area contributed by atoms with Gasteiger partial charge in [0.1, 0.15) is 11.3 Å². The first-order valence-corrected chi connectivity index (χ1v) is 12.0. The van der Waals surface area contributed by atoms with Gasteiger partial charge in [0.15, 0.2) is 0 Å². The van der Waals surface area contributed by atoms with Crippen molar-refractivity contribution in [2.45, 2.75) is 12.8 Å². The minimum Gasteiger partial charge on any atom is -0.274 e. The van der Waals surface area contributed by atoms with Gasteiger partial charge in [0.05, 0.1) is 17.2 Å². The van der Waals surface area contributed by atoms with Crippen LogP contribution in [-0.2, 0) is 12.8 Å². The fourth-order valence-corrected chi connectivity index (χ4v) is 6.47. The van der Waals surface area contributed by atoms with E-state index in [9.17, 15) is 0 Å². The van der Waals surface area contributed by atoms with Gasteiger partial charge < -0.3 is 0 Å². The fraction of sp³-hybridized carbons (Fsp3) is 0.0645. The molecule has 3 aromatic carbocycles. The second-order valence-corrected chi connectivity index (χ2v) is 9.69. The van der Waals surface area contributed by atoms with Crippen LogP contribution in [0.25, 0.3) is 60.7 Å². The van der Waals surface area contributed by atoms with E-state index in [1.165, 1.54) is 55.3 Å². The highest BCUT2D eigenvalue weighted by Gasteiger charge is 2.28. The minimum atomic E-state index is 0.924. The lowest BCUT2D eigenvalue weighted by molar-refractivity contribution is 1.16. The Labute approximate surface area is 200 Å². The molecule has 35 heavy (non-hydrogen) atoms. The van der Waals surface area contributed by atoms with Crippen molar-refractivity contribution in [2.75, 3.05) is 0 Å². The van der Waals surface area contributed by atoms with Gasteiger partial charge in [-0.05, 0) is 93.1 Å². The molecule has 4 heterocycles. The van der Waals surface area contributed by atoms with Crippen LogP contribution in [0.4, 0.5) is 0 Å². The van der Waals surface area contributed by atoms with Crippen LogP contribution < -0.4 is 0 Å². The molecule has 2 aliphatic rings. The Morgan fingerprint density at radius 1 is 0.629 bits per heavy atom. The lowest BCUT2D eigenvalue weighted by Gasteiger charge is -2.11. The Kier molecular flexibility index (Phi) is 3.11. The number of hydrogen-bond acceptors (Lipinski definition) is 3. The van der Waals surface area contributed by atoms with Crippen molar-refractivity contribution >= 4 is 38.5 Å². The molecule has 0 fully saturated rings. The van der Waals surface area contributed by atoms with E-state index in [1.54, 1.807) is 6.20 Å². The largest absolute Gasteiger partial charge is 0.274 e. The maximum atomic E-state index is 5.04. The van der Waals surface area contributed by atoms with E-state index in [0.717, 1.165) is 40.6 Å². The van der Waals surface area contributed by atoms with E-state index in [1.807, 2.05) is 24.5 Å². The highest BCUT2D eigenvalue weighted by Crippen LogP contribution is 2.48. The summed E-state index contributed by atoms with van der Waals surface area (Å²) in [7, 11) is 0. The summed E-state index contributed by atoms with van der Waals surface area (Å²) in [5, 5.41) is 3.52. The predicted octanol–water partition coefficient (Wildman–Crippen LogP) is 6.73. The summed E-state index contributed by atoms with van der Waals surface area (Å²) in [5.41, 5.74) is 15.1. The first kappa shape index (κ1) is 17.8. The number of benzene rings is 3. The average molecular weight is 447 g/mol.